The first-order valence-electron chi connectivity index (χ1n) is 12.7. The van der Waals surface area contributed by atoms with Crippen molar-refractivity contribution in [3.8, 4) is 0 Å². The third kappa shape index (κ3) is 6.47. The number of alkyl halides is 2. The minimum Gasteiger partial charge on any atom is -0.464 e. The Hall–Kier alpha value is -2.26. The minimum absolute atomic E-state index is 0.00899. The number of nitrogens with one attached hydrogen (secondary N) is 1. The highest BCUT2D eigenvalue weighted by Gasteiger charge is 2.65. The van der Waals surface area contributed by atoms with Crippen molar-refractivity contribution in [3.05, 3.63) is 57.6 Å². The maximum absolute atomic E-state index is 15.5. The summed E-state index contributed by atoms with van der Waals surface area (Å²) in [5, 5.41) is 2.90. The first-order valence-corrected chi connectivity index (χ1v) is 16.1. The Kier molecular flexibility index (Phi) is 8.93. The van der Waals surface area contributed by atoms with Crippen LogP contribution in [0.25, 0.3) is 0 Å². The number of phosphoric ester groups is 1. The van der Waals surface area contributed by atoms with Crippen LogP contribution in [0.15, 0.2) is 41.3 Å². The first kappa shape index (κ1) is 31.2. The van der Waals surface area contributed by atoms with Gasteiger partial charge in [0.05, 0.1) is 25.9 Å². The normalized spacial score (nSPS) is 33.0. The fraction of sp³-hybridized carbons (Fsp3) is 0.522. The summed E-state index contributed by atoms with van der Waals surface area (Å²) in [6, 6.07) is 7.88. The third-order valence-corrected chi connectivity index (χ3v) is 9.67. The lowest BCUT2D eigenvalue weighted by molar-refractivity contribution is -0.155. The number of aromatic nitrogens is 2. The predicted octanol–water partition coefficient (Wildman–Crippen LogP) is 4.62. The Morgan fingerprint density at radius 2 is 2.07 bits per heavy atom. The smallest absolute Gasteiger partial charge is 0.464 e. The number of nitrogens with zero attached hydrogens (tertiary/aromatic N) is 2. The molecule has 0 radical (unpaired) electrons. The number of ether oxygens (including phenoxy) is 2. The van der Waals surface area contributed by atoms with Crippen molar-refractivity contribution in [2.45, 2.75) is 56.8 Å². The molecule has 3 fully saturated rings. The molecule has 0 amide bonds. The van der Waals surface area contributed by atoms with Crippen molar-refractivity contribution in [2.75, 3.05) is 24.9 Å². The third-order valence-electron chi connectivity index (χ3n) is 6.36. The molecule has 5 rings (SSSR count). The number of phosphoric acid groups is 1. The van der Waals surface area contributed by atoms with E-state index in [-0.39, 0.29) is 19.0 Å². The summed E-state index contributed by atoms with van der Waals surface area (Å²) in [4.78, 5) is 28.3. The average molecular weight is 656 g/mol. The van der Waals surface area contributed by atoms with Gasteiger partial charge in [-0.05, 0) is 37.6 Å². The van der Waals surface area contributed by atoms with Crippen LogP contribution in [-0.2, 0) is 46.0 Å². The van der Waals surface area contributed by atoms with Crippen LogP contribution < -0.4 is 10.8 Å². The highest BCUT2D eigenvalue weighted by molar-refractivity contribution is 7.55. The Morgan fingerprint density at radius 3 is 2.79 bits per heavy atom. The molecule has 0 bridgehead atoms. The summed E-state index contributed by atoms with van der Waals surface area (Å²) in [7, 11) is -8.65. The van der Waals surface area contributed by atoms with Gasteiger partial charge in [0.1, 0.15) is 11.9 Å². The molecular weight excluding hydrogens is 630 g/mol. The molecule has 1 aromatic carbocycles. The lowest BCUT2D eigenvalue weighted by Gasteiger charge is -2.32. The van der Waals surface area contributed by atoms with Crippen LogP contribution in [0.5, 0.6) is 0 Å². The van der Waals surface area contributed by atoms with E-state index in [0.717, 1.165) is 12.3 Å². The maximum atomic E-state index is 15.5. The zero-order chi connectivity index (χ0) is 30.3. The van der Waals surface area contributed by atoms with Crippen LogP contribution in [0.3, 0.4) is 0 Å². The van der Waals surface area contributed by atoms with Gasteiger partial charge in [0.2, 0.25) is 6.23 Å². The first-order chi connectivity index (χ1) is 19.8. The molecule has 0 saturated carbocycles. The number of carbonyl (C=O) groups excluding carboxylic acids is 1. The van der Waals surface area contributed by atoms with E-state index in [1.807, 2.05) is 0 Å². The SMILES string of the molecule is CCOC(=O)[C@H](C)OP1(=O)OC[C@H]2O[C@@H](n3ccc(NP4(=O)OCCC(c5cccc(Cl)c5)O4)nc3=O)C(F)(F)[C@H]2O1. The van der Waals surface area contributed by atoms with E-state index >= 15 is 8.78 Å². The monoisotopic (exact) mass is 655 g/mol. The van der Waals surface area contributed by atoms with Crippen LogP contribution in [-0.4, -0.2) is 59.6 Å². The van der Waals surface area contributed by atoms with Gasteiger partial charge in [0.25, 0.3) is 0 Å². The summed E-state index contributed by atoms with van der Waals surface area (Å²) >= 11 is 6.03. The number of hydrogen-bond donors (Lipinski definition) is 1. The summed E-state index contributed by atoms with van der Waals surface area (Å²) in [6.45, 7) is 2.15. The van der Waals surface area contributed by atoms with Crippen LogP contribution in [0, 0.1) is 0 Å². The number of benzene rings is 1. The van der Waals surface area contributed by atoms with Crippen LogP contribution in [0.1, 0.15) is 38.2 Å². The van der Waals surface area contributed by atoms with E-state index in [9.17, 15) is 18.7 Å². The number of fused-ring (bicyclic) bond motifs is 1. The molecule has 1 aromatic heterocycles. The largest absolute Gasteiger partial charge is 0.476 e. The lowest BCUT2D eigenvalue weighted by Crippen LogP contribution is -2.45. The molecular formula is C23H26ClF2N3O11P2. The molecule has 42 heavy (non-hydrogen) atoms. The molecule has 3 unspecified atom stereocenters. The molecule has 0 aliphatic carbocycles. The van der Waals surface area contributed by atoms with Crippen molar-refractivity contribution in [1.82, 2.24) is 9.55 Å². The number of esters is 1. The molecule has 4 heterocycles. The number of carbonyl (C=O) groups is 1. The molecule has 3 aliphatic heterocycles. The van der Waals surface area contributed by atoms with E-state index in [0.29, 0.717) is 21.6 Å². The van der Waals surface area contributed by atoms with Crippen molar-refractivity contribution >= 4 is 39.0 Å². The fourth-order valence-corrected chi connectivity index (χ4v) is 7.65. The number of anilines is 1. The zero-order valence-corrected chi connectivity index (χ0v) is 24.6. The van der Waals surface area contributed by atoms with Crippen molar-refractivity contribution in [2.24, 2.45) is 0 Å². The minimum atomic E-state index is -4.63. The molecule has 1 N–H and O–H groups in total. The van der Waals surface area contributed by atoms with E-state index in [4.69, 9.17) is 43.7 Å². The van der Waals surface area contributed by atoms with Gasteiger partial charge in [-0.3, -0.25) is 32.3 Å². The zero-order valence-electron chi connectivity index (χ0n) is 22.1. The van der Waals surface area contributed by atoms with Crippen LogP contribution in [0.2, 0.25) is 5.02 Å². The topological polar surface area (TPSA) is 163 Å². The standard InChI is InChI=1S/C23H26ClF2N3O11P2/c1-3-34-20(30)13(2)38-42(33)36-12-17-19(40-42)23(25,26)21(37-17)29-9-7-18(27-22(29)31)28-41(32)35-10-8-16(39-41)14-5-4-6-15(24)11-14/h4-7,9,11,13,16-17,19,21H,3,8,10,12H2,1-2H3,(H,27,28,31,32)/t13-,16?,17+,19-,21+,41?,42?/m0/s1. The van der Waals surface area contributed by atoms with Gasteiger partial charge >= 0.3 is 33.2 Å². The molecule has 19 heteroatoms. The number of rotatable bonds is 8. The van der Waals surface area contributed by atoms with Crippen LogP contribution >= 0.6 is 27.2 Å². The van der Waals surface area contributed by atoms with Crippen LogP contribution in [0.4, 0.5) is 14.6 Å². The maximum Gasteiger partial charge on any atom is 0.476 e. The van der Waals surface area contributed by atoms with Crippen molar-refractivity contribution < 1.29 is 54.8 Å². The molecule has 0 spiro atoms. The predicted molar refractivity (Wildman–Crippen MR) is 140 cm³/mol. The summed E-state index contributed by atoms with van der Waals surface area (Å²) in [5.41, 5.74) is -0.538. The van der Waals surface area contributed by atoms with E-state index in [1.54, 1.807) is 24.3 Å². The average Bonchev–Trinajstić information content (AvgIpc) is 3.17. The highest BCUT2D eigenvalue weighted by atomic mass is 35.5. The van der Waals surface area contributed by atoms with E-state index in [2.05, 4.69) is 10.1 Å². The van der Waals surface area contributed by atoms with E-state index in [1.165, 1.54) is 13.8 Å². The molecule has 230 valence electrons. The molecule has 3 aliphatic rings. The summed E-state index contributed by atoms with van der Waals surface area (Å²) in [6.07, 6.45) is -6.57. The Balaban J connectivity index is 1.29. The van der Waals surface area contributed by atoms with Gasteiger partial charge in [0, 0.05) is 17.6 Å². The number of hydrogen-bond acceptors (Lipinski definition) is 12. The second kappa shape index (κ2) is 12.0. The Labute approximate surface area is 242 Å². The molecule has 2 aromatic rings. The van der Waals surface area contributed by atoms with Gasteiger partial charge < -0.3 is 9.47 Å². The summed E-state index contributed by atoms with van der Waals surface area (Å²) in [5.74, 6) is -5.09. The fourth-order valence-electron chi connectivity index (χ4n) is 4.44. The van der Waals surface area contributed by atoms with Crippen molar-refractivity contribution in [1.29, 1.82) is 0 Å². The number of halogens is 3. The summed E-state index contributed by atoms with van der Waals surface area (Å²) < 4.78 is 93.5. The second-order valence-electron chi connectivity index (χ2n) is 9.35. The van der Waals surface area contributed by atoms with Gasteiger partial charge in [-0.15, -0.1) is 0 Å². The van der Waals surface area contributed by atoms with Gasteiger partial charge in [-0.1, -0.05) is 23.7 Å². The van der Waals surface area contributed by atoms with Gasteiger partial charge in [-0.25, -0.2) is 18.7 Å². The van der Waals surface area contributed by atoms with Gasteiger partial charge in [0.15, 0.2) is 12.2 Å². The lowest BCUT2D eigenvalue weighted by atomic mass is 10.1. The van der Waals surface area contributed by atoms with Crippen molar-refractivity contribution in [3.63, 3.8) is 0 Å². The Bertz CT molecular complexity index is 1500. The quantitative estimate of drug-likeness (QED) is 0.310. The molecule has 14 nitrogen and oxygen atoms in total. The van der Waals surface area contributed by atoms with Gasteiger partial charge in [-0.2, -0.15) is 13.8 Å². The Morgan fingerprint density at radius 1 is 1.29 bits per heavy atom. The molecule has 7 atom stereocenters. The second-order valence-corrected chi connectivity index (χ2v) is 13.1. The van der Waals surface area contributed by atoms with E-state index < -0.39 is 70.4 Å². The highest BCUT2D eigenvalue weighted by Crippen LogP contribution is 2.60. The molecule has 3 saturated heterocycles.